The van der Waals surface area contributed by atoms with Gasteiger partial charge in [-0.05, 0) is 24.6 Å². The monoisotopic (exact) mass is 335 g/mol. The third-order valence-electron chi connectivity index (χ3n) is 4.62. The fraction of sp³-hybridized carbons (Fsp3) is 0.318. The minimum Gasteiger partial charge on any atom is -0.497 e. The smallest absolute Gasteiger partial charge is 0.195 e. The Labute approximate surface area is 149 Å². The molecule has 0 amide bonds. The molecule has 1 aromatic heterocycles. The van der Waals surface area contributed by atoms with Crippen LogP contribution in [0.15, 0.2) is 54.7 Å². The molecule has 1 heterocycles. The molecular formula is C22H25NO2. The van der Waals surface area contributed by atoms with Crippen molar-refractivity contribution in [1.29, 1.82) is 0 Å². The molecule has 0 aliphatic heterocycles. The zero-order chi connectivity index (χ0) is 17.6. The van der Waals surface area contributed by atoms with Crippen molar-refractivity contribution in [2.45, 2.75) is 39.2 Å². The first-order valence-corrected chi connectivity index (χ1v) is 9.01. The Balaban J connectivity index is 1.94. The number of para-hydroxylation sites is 1. The number of rotatable bonds is 8. The van der Waals surface area contributed by atoms with Gasteiger partial charge in [0.25, 0.3) is 0 Å². The first kappa shape index (κ1) is 17.3. The predicted molar refractivity (Wildman–Crippen MR) is 103 cm³/mol. The summed E-state index contributed by atoms with van der Waals surface area (Å²) in [4.78, 5) is 13.0. The molecule has 0 unspecified atom stereocenters. The van der Waals surface area contributed by atoms with Gasteiger partial charge in [0, 0.05) is 34.8 Å². The Kier molecular flexibility index (Phi) is 5.54. The number of aromatic nitrogens is 1. The van der Waals surface area contributed by atoms with Gasteiger partial charge < -0.3 is 9.30 Å². The Morgan fingerprint density at radius 3 is 2.68 bits per heavy atom. The van der Waals surface area contributed by atoms with E-state index in [-0.39, 0.29) is 5.78 Å². The maximum Gasteiger partial charge on any atom is 0.195 e. The lowest BCUT2D eigenvalue weighted by Crippen LogP contribution is -2.01. The zero-order valence-electron chi connectivity index (χ0n) is 15.0. The van der Waals surface area contributed by atoms with Gasteiger partial charge in [-0.1, -0.05) is 56.5 Å². The second kappa shape index (κ2) is 8.02. The number of carbonyl (C=O) groups is 1. The van der Waals surface area contributed by atoms with Gasteiger partial charge in [-0.3, -0.25) is 4.79 Å². The average molecular weight is 335 g/mol. The highest BCUT2D eigenvalue weighted by molar-refractivity contribution is 6.16. The topological polar surface area (TPSA) is 31.2 Å². The standard InChI is InChI=1S/C22H25NO2/c1-3-4-5-8-14-23-16-20(19-12-6-7-13-21(19)23)22(24)17-10-9-11-18(15-17)25-2/h6-7,9-13,15-16H,3-5,8,14H2,1-2H3. The fourth-order valence-electron chi connectivity index (χ4n) is 3.24. The maximum absolute atomic E-state index is 13.0. The third-order valence-corrected chi connectivity index (χ3v) is 4.62. The van der Waals surface area contributed by atoms with E-state index in [1.54, 1.807) is 13.2 Å². The maximum atomic E-state index is 13.0. The van der Waals surface area contributed by atoms with Crippen LogP contribution in [-0.4, -0.2) is 17.5 Å². The van der Waals surface area contributed by atoms with Crippen molar-refractivity contribution >= 4 is 16.7 Å². The van der Waals surface area contributed by atoms with Crippen molar-refractivity contribution in [2.75, 3.05) is 7.11 Å². The molecule has 0 aliphatic carbocycles. The summed E-state index contributed by atoms with van der Waals surface area (Å²) in [6, 6.07) is 15.5. The highest BCUT2D eigenvalue weighted by Gasteiger charge is 2.16. The van der Waals surface area contributed by atoms with Gasteiger partial charge in [-0.2, -0.15) is 0 Å². The van der Waals surface area contributed by atoms with E-state index in [0.717, 1.165) is 29.4 Å². The quantitative estimate of drug-likeness (QED) is 0.404. The highest BCUT2D eigenvalue weighted by atomic mass is 16.5. The molecule has 0 saturated heterocycles. The van der Waals surface area contributed by atoms with E-state index in [1.807, 2.05) is 42.6 Å². The SMILES string of the molecule is CCCCCCn1cc(C(=O)c2cccc(OC)c2)c2ccccc21. The summed E-state index contributed by atoms with van der Waals surface area (Å²) in [5.74, 6) is 0.747. The second-order valence-electron chi connectivity index (χ2n) is 6.38. The van der Waals surface area contributed by atoms with Crippen LogP contribution in [0.4, 0.5) is 0 Å². The van der Waals surface area contributed by atoms with Gasteiger partial charge in [-0.15, -0.1) is 0 Å². The van der Waals surface area contributed by atoms with Crippen LogP contribution in [0.25, 0.3) is 10.9 Å². The Morgan fingerprint density at radius 2 is 1.88 bits per heavy atom. The van der Waals surface area contributed by atoms with E-state index in [4.69, 9.17) is 4.74 Å². The van der Waals surface area contributed by atoms with Crippen molar-refractivity contribution in [3.63, 3.8) is 0 Å². The molecule has 0 N–H and O–H groups in total. The van der Waals surface area contributed by atoms with Gasteiger partial charge in [0.15, 0.2) is 5.78 Å². The van der Waals surface area contributed by atoms with Crippen molar-refractivity contribution in [1.82, 2.24) is 4.57 Å². The number of benzene rings is 2. The van der Waals surface area contributed by atoms with E-state index in [2.05, 4.69) is 17.6 Å². The predicted octanol–water partition coefficient (Wildman–Crippen LogP) is 5.46. The van der Waals surface area contributed by atoms with Crippen LogP contribution < -0.4 is 4.74 Å². The molecule has 3 nitrogen and oxygen atoms in total. The van der Waals surface area contributed by atoms with Crippen LogP contribution in [0.2, 0.25) is 0 Å². The van der Waals surface area contributed by atoms with Crippen molar-refractivity contribution in [3.8, 4) is 5.75 Å². The lowest BCUT2D eigenvalue weighted by Gasteiger charge is -2.04. The number of hydrogen-bond acceptors (Lipinski definition) is 2. The van der Waals surface area contributed by atoms with Gasteiger partial charge >= 0.3 is 0 Å². The van der Waals surface area contributed by atoms with Crippen molar-refractivity contribution in [3.05, 3.63) is 65.9 Å². The van der Waals surface area contributed by atoms with Gasteiger partial charge in [0.1, 0.15) is 5.75 Å². The molecule has 3 aromatic rings. The molecule has 25 heavy (non-hydrogen) atoms. The summed E-state index contributed by atoms with van der Waals surface area (Å²) in [6.45, 7) is 3.17. The highest BCUT2D eigenvalue weighted by Crippen LogP contribution is 2.25. The van der Waals surface area contributed by atoms with Crippen LogP contribution in [0.5, 0.6) is 5.75 Å². The van der Waals surface area contributed by atoms with Crippen LogP contribution >= 0.6 is 0 Å². The number of methoxy groups -OCH3 is 1. The van der Waals surface area contributed by atoms with Crippen LogP contribution in [0.1, 0.15) is 48.5 Å². The molecule has 3 heteroatoms. The number of nitrogens with zero attached hydrogens (tertiary/aromatic N) is 1. The molecular weight excluding hydrogens is 310 g/mol. The molecule has 2 aromatic carbocycles. The third kappa shape index (κ3) is 3.76. The lowest BCUT2D eigenvalue weighted by atomic mass is 10.0. The summed E-state index contributed by atoms with van der Waals surface area (Å²) in [5.41, 5.74) is 2.55. The summed E-state index contributed by atoms with van der Waals surface area (Å²) < 4.78 is 7.47. The van der Waals surface area contributed by atoms with E-state index in [1.165, 1.54) is 19.3 Å². The van der Waals surface area contributed by atoms with Crippen LogP contribution in [-0.2, 0) is 6.54 Å². The van der Waals surface area contributed by atoms with Crippen LogP contribution in [0, 0.1) is 0 Å². The van der Waals surface area contributed by atoms with E-state index in [0.29, 0.717) is 11.3 Å². The molecule has 0 bridgehead atoms. The van der Waals surface area contributed by atoms with E-state index < -0.39 is 0 Å². The lowest BCUT2D eigenvalue weighted by molar-refractivity contribution is 0.103. The zero-order valence-corrected chi connectivity index (χ0v) is 15.0. The number of carbonyl (C=O) groups excluding carboxylic acids is 1. The normalized spacial score (nSPS) is 11.0. The first-order valence-electron chi connectivity index (χ1n) is 9.01. The Bertz CT molecular complexity index is 863. The number of fused-ring (bicyclic) bond motifs is 1. The van der Waals surface area contributed by atoms with Gasteiger partial charge in [0.05, 0.1) is 7.11 Å². The molecule has 0 spiro atoms. The van der Waals surface area contributed by atoms with E-state index in [9.17, 15) is 4.79 Å². The molecule has 0 saturated carbocycles. The summed E-state index contributed by atoms with van der Waals surface area (Å²) in [7, 11) is 1.62. The Morgan fingerprint density at radius 1 is 1.04 bits per heavy atom. The molecule has 3 rings (SSSR count). The average Bonchev–Trinajstić information content (AvgIpc) is 3.03. The van der Waals surface area contributed by atoms with Gasteiger partial charge in [-0.25, -0.2) is 0 Å². The molecule has 0 atom stereocenters. The molecule has 0 fully saturated rings. The number of ketones is 1. The first-order chi connectivity index (χ1) is 12.2. The van der Waals surface area contributed by atoms with Crippen LogP contribution in [0.3, 0.4) is 0 Å². The molecule has 0 radical (unpaired) electrons. The summed E-state index contributed by atoms with van der Waals surface area (Å²) >= 11 is 0. The summed E-state index contributed by atoms with van der Waals surface area (Å²) in [6.07, 6.45) is 6.86. The van der Waals surface area contributed by atoms with Crippen molar-refractivity contribution < 1.29 is 9.53 Å². The second-order valence-corrected chi connectivity index (χ2v) is 6.38. The molecule has 0 aliphatic rings. The minimum absolute atomic E-state index is 0.0439. The van der Waals surface area contributed by atoms with E-state index >= 15 is 0 Å². The van der Waals surface area contributed by atoms with Crippen molar-refractivity contribution in [2.24, 2.45) is 0 Å². The van der Waals surface area contributed by atoms with Gasteiger partial charge in [0.2, 0.25) is 0 Å². The largest absolute Gasteiger partial charge is 0.497 e. The number of ether oxygens (including phenoxy) is 1. The minimum atomic E-state index is 0.0439. The number of hydrogen-bond donors (Lipinski definition) is 0. The number of aryl methyl sites for hydroxylation is 1. The fourth-order valence-corrected chi connectivity index (χ4v) is 3.24. The Hall–Kier alpha value is -2.55. The number of unbranched alkanes of at least 4 members (excludes halogenated alkanes) is 3. The summed E-state index contributed by atoms with van der Waals surface area (Å²) in [5, 5.41) is 1.02. The molecule has 130 valence electrons.